The van der Waals surface area contributed by atoms with Crippen molar-refractivity contribution < 1.29 is 18.0 Å². The first-order valence-corrected chi connectivity index (χ1v) is 15.3. The molecule has 8 heteroatoms. The maximum absolute atomic E-state index is 14.2. The molecule has 0 spiro atoms. The normalized spacial score (nSPS) is 12.0. The molecule has 0 aliphatic carbocycles. The van der Waals surface area contributed by atoms with Crippen molar-refractivity contribution in [3.8, 4) is 0 Å². The summed E-state index contributed by atoms with van der Waals surface area (Å²) >= 11 is 0. The number of unbranched alkanes of at least 4 members (excludes halogenated alkanes) is 1. The van der Waals surface area contributed by atoms with Crippen LogP contribution < -0.4 is 9.62 Å². The summed E-state index contributed by atoms with van der Waals surface area (Å²) in [7, 11) is -4.09. The second-order valence-corrected chi connectivity index (χ2v) is 12.1. The highest BCUT2D eigenvalue weighted by Crippen LogP contribution is 2.28. The lowest BCUT2D eigenvalue weighted by Gasteiger charge is -2.33. The molecule has 2 amide bonds. The minimum Gasteiger partial charge on any atom is -0.354 e. The first-order valence-electron chi connectivity index (χ1n) is 13.9. The molecule has 7 nitrogen and oxygen atoms in total. The van der Waals surface area contributed by atoms with Crippen LogP contribution in [0.2, 0.25) is 0 Å². The Bertz CT molecular complexity index is 1410. The number of hydrogen-bond acceptors (Lipinski definition) is 4. The fraction of sp³-hybridized carbons (Fsp3) is 0.375. The van der Waals surface area contributed by atoms with Gasteiger partial charge in [0.05, 0.1) is 10.6 Å². The highest BCUT2D eigenvalue weighted by molar-refractivity contribution is 7.92. The molecule has 1 N–H and O–H groups in total. The lowest BCUT2D eigenvalue weighted by molar-refractivity contribution is -0.140. The van der Waals surface area contributed by atoms with E-state index >= 15 is 0 Å². The van der Waals surface area contributed by atoms with Crippen LogP contribution in [-0.4, -0.2) is 44.3 Å². The second-order valence-electron chi connectivity index (χ2n) is 10.2. The van der Waals surface area contributed by atoms with E-state index < -0.39 is 28.5 Å². The molecule has 3 aromatic rings. The van der Waals surface area contributed by atoms with Gasteiger partial charge in [0, 0.05) is 13.1 Å². The van der Waals surface area contributed by atoms with Crippen LogP contribution in [-0.2, 0) is 26.2 Å². The number of amides is 2. The molecule has 1 atom stereocenters. The van der Waals surface area contributed by atoms with Crippen LogP contribution in [0.15, 0.2) is 77.7 Å². The molecule has 0 aromatic heterocycles. The zero-order valence-corrected chi connectivity index (χ0v) is 25.0. The number of benzene rings is 3. The summed E-state index contributed by atoms with van der Waals surface area (Å²) in [5.41, 5.74) is 3.95. The Kier molecular flexibility index (Phi) is 10.9. The van der Waals surface area contributed by atoms with Gasteiger partial charge in [0.25, 0.3) is 10.0 Å². The number of nitrogens with one attached hydrogen (secondary N) is 1. The Morgan fingerprint density at radius 2 is 1.57 bits per heavy atom. The number of anilines is 1. The van der Waals surface area contributed by atoms with E-state index in [1.807, 2.05) is 71.0 Å². The van der Waals surface area contributed by atoms with Gasteiger partial charge in [0.1, 0.15) is 12.6 Å². The van der Waals surface area contributed by atoms with E-state index in [1.165, 1.54) is 21.3 Å². The van der Waals surface area contributed by atoms with Crippen molar-refractivity contribution in [3.63, 3.8) is 0 Å². The van der Waals surface area contributed by atoms with E-state index in [0.717, 1.165) is 35.1 Å². The largest absolute Gasteiger partial charge is 0.354 e. The van der Waals surface area contributed by atoms with Gasteiger partial charge in [0.15, 0.2) is 0 Å². The SMILES string of the molecule is CCCCNC(=O)[C@@H](CC)N(Cc1cccc(C)c1)C(=O)CN(c1cc(C)ccc1C)S(=O)(=O)c1ccccc1. The van der Waals surface area contributed by atoms with Gasteiger partial charge < -0.3 is 10.2 Å². The maximum atomic E-state index is 14.2. The third kappa shape index (κ3) is 7.72. The summed E-state index contributed by atoms with van der Waals surface area (Å²) in [6.07, 6.45) is 2.17. The van der Waals surface area contributed by atoms with E-state index in [9.17, 15) is 18.0 Å². The van der Waals surface area contributed by atoms with Crippen molar-refractivity contribution in [1.82, 2.24) is 10.2 Å². The zero-order valence-electron chi connectivity index (χ0n) is 24.2. The Hall–Kier alpha value is -3.65. The molecule has 0 saturated carbocycles. The van der Waals surface area contributed by atoms with Gasteiger partial charge in [-0.2, -0.15) is 0 Å². The molecular formula is C32H41N3O4S. The van der Waals surface area contributed by atoms with E-state index in [0.29, 0.717) is 18.7 Å². The standard InChI is InChI=1S/C32H41N3O4S/c1-6-8-19-33-32(37)29(7-2)34(22-27-14-12-13-24(3)20-27)31(36)23-35(30-21-25(4)17-18-26(30)5)40(38,39)28-15-10-9-11-16-28/h9-18,20-21,29H,6-8,19,22-23H2,1-5H3,(H,33,37)/t29-/m1/s1. The molecule has 214 valence electrons. The van der Waals surface area contributed by atoms with Crippen molar-refractivity contribution in [2.75, 3.05) is 17.4 Å². The average Bonchev–Trinajstić information content (AvgIpc) is 2.93. The number of hydrogen-bond donors (Lipinski definition) is 1. The summed E-state index contributed by atoms with van der Waals surface area (Å²) in [6, 6.07) is 20.7. The molecule has 3 aromatic carbocycles. The Labute approximate surface area is 239 Å². The molecule has 0 saturated heterocycles. The highest BCUT2D eigenvalue weighted by Gasteiger charge is 2.34. The maximum Gasteiger partial charge on any atom is 0.264 e. The molecule has 0 radical (unpaired) electrons. The lowest BCUT2D eigenvalue weighted by Crippen LogP contribution is -2.52. The smallest absolute Gasteiger partial charge is 0.264 e. The van der Waals surface area contributed by atoms with Gasteiger partial charge in [0.2, 0.25) is 11.8 Å². The van der Waals surface area contributed by atoms with Crippen LogP contribution in [0.25, 0.3) is 0 Å². The van der Waals surface area contributed by atoms with Crippen LogP contribution >= 0.6 is 0 Å². The third-order valence-electron chi connectivity index (χ3n) is 6.89. The zero-order chi connectivity index (χ0) is 29.3. The summed E-state index contributed by atoms with van der Waals surface area (Å²) in [6.45, 7) is 9.87. The predicted octanol–water partition coefficient (Wildman–Crippen LogP) is 5.53. The topological polar surface area (TPSA) is 86.8 Å². The Balaban J connectivity index is 2.07. The van der Waals surface area contributed by atoms with Gasteiger partial charge in [-0.15, -0.1) is 0 Å². The van der Waals surface area contributed by atoms with Crippen molar-refractivity contribution >= 4 is 27.5 Å². The van der Waals surface area contributed by atoms with E-state index in [2.05, 4.69) is 5.32 Å². The van der Waals surface area contributed by atoms with Gasteiger partial charge in [-0.25, -0.2) is 8.42 Å². The van der Waals surface area contributed by atoms with Crippen molar-refractivity contribution in [3.05, 3.63) is 95.1 Å². The quantitative estimate of drug-likeness (QED) is 0.277. The van der Waals surface area contributed by atoms with Crippen LogP contribution in [0.3, 0.4) is 0 Å². The van der Waals surface area contributed by atoms with Crippen LogP contribution in [0.5, 0.6) is 0 Å². The van der Waals surface area contributed by atoms with Gasteiger partial charge in [-0.3, -0.25) is 13.9 Å². The van der Waals surface area contributed by atoms with Crippen LogP contribution in [0.4, 0.5) is 5.69 Å². The minimum absolute atomic E-state index is 0.0956. The molecule has 40 heavy (non-hydrogen) atoms. The van der Waals surface area contributed by atoms with E-state index in [-0.39, 0.29) is 17.3 Å². The third-order valence-corrected chi connectivity index (χ3v) is 8.67. The summed E-state index contributed by atoms with van der Waals surface area (Å²) in [5.74, 6) is -0.680. The summed E-state index contributed by atoms with van der Waals surface area (Å²) < 4.78 is 29.1. The number of carbonyl (C=O) groups is 2. The molecule has 0 aliphatic rings. The van der Waals surface area contributed by atoms with Crippen LogP contribution in [0, 0.1) is 20.8 Å². The Morgan fingerprint density at radius 3 is 2.23 bits per heavy atom. The molecule has 0 heterocycles. The number of nitrogens with zero attached hydrogens (tertiary/aromatic N) is 2. The fourth-order valence-electron chi connectivity index (χ4n) is 4.65. The van der Waals surface area contributed by atoms with Crippen LogP contribution in [0.1, 0.15) is 55.4 Å². The minimum atomic E-state index is -4.09. The molecule has 3 rings (SSSR count). The number of rotatable bonds is 13. The monoisotopic (exact) mass is 563 g/mol. The van der Waals surface area contributed by atoms with Gasteiger partial charge in [-0.05, 0) is 68.5 Å². The predicted molar refractivity (Wildman–Crippen MR) is 161 cm³/mol. The van der Waals surface area contributed by atoms with E-state index in [1.54, 1.807) is 24.3 Å². The summed E-state index contributed by atoms with van der Waals surface area (Å²) in [4.78, 5) is 29.1. The van der Waals surface area contributed by atoms with Gasteiger partial charge >= 0.3 is 0 Å². The number of aryl methyl sites for hydroxylation is 3. The summed E-state index contributed by atoms with van der Waals surface area (Å²) in [5, 5.41) is 2.96. The van der Waals surface area contributed by atoms with E-state index in [4.69, 9.17) is 0 Å². The highest BCUT2D eigenvalue weighted by atomic mass is 32.2. The van der Waals surface area contributed by atoms with Crippen molar-refractivity contribution in [2.45, 2.75) is 71.4 Å². The molecule has 0 aliphatic heterocycles. The first kappa shape index (κ1) is 30.9. The number of sulfonamides is 1. The van der Waals surface area contributed by atoms with Crippen molar-refractivity contribution in [2.24, 2.45) is 0 Å². The molecule has 0 bridgehead atoms. The van der Waals surface area contributed by atoms with Crippen molar-refractivity contribution in [1.29, 1.82) is 0 Å². The molecule has 0 unspecified atom stereocenters. The fourth-order valence-corrected chi connectivity index (χ4v) is 6.15. The number of carbonyl (C=O) groups excluding carboxylic acids is 2. The first-order chi connectivity index (χ1) is 19.1. The Morgan fingerprint density at radius 1 is 0.875 bits per heavy atom. The van der Waals surface area contributed by atoms with Gasteiger partial charge in [-0.1, -0.05) is 80.4 Å². The average molecular weight is 564 g/mol. The molecule has 0 fully saturated rings. The lowest BCUT2D eigenvalue weighted by atomic mass is 10.1. The molecular weight excluding hydrogens is 522 g/mol. The second kappa shape index (κ2) is 14.1.